The first-order valence-corrected chi connectivity index (χ1v) is 5.48. The van der Waals surface area contributed by atoms with Gasteiger partial charge in [-0.05, 0) is 12.8 Å². The third-order valence-corrected chi connectivity index (χ3v) is 3.03. The van der Waals surface area contributed by atoms with Crippen LogP contribution in [0.4, 0.5) is 0 Å². The standard InChI is InChI=1S/C10H16N4O2.ClH/c1-16-10(15)8-6-14(13-12-8)9-5-3-2-4-7(9)11;/h6-7,9H,2-5,11H2,1H3;1H. The molecular formula is C10H17ClN4O2. The zero-order chi connectivity index (χ0) is 11.5. The third kappa shape index (κ3) is 2.95. The summed E-state index contributed by atoms with van der Waals surface area (Å²) in [4.78, 5) is 11.2. The maximum Gasteiger partial charge on any atom is 0.360 e. The Morgan fingerprint density at radius 3 is 2.88 bits per heavy atom. The molecule has 7 heteroatoms. The average molecular weight is 261 g/mol. The van der Waals surface area contributed by atoms with Gasteiger partial charge in [-0.1, -0.05) is 18.1 Å². The number of hydrogen-bond acceptors (Lipinski definition) is 5. The molecule has 2 unspecified atom stereocenters. The first-order valence-electron chi connectivity index (χ1n) is 5.48. The molecule has 1 saturated carbocycles. The van der Waals surface area contributed by atoms with Crippen molar-refractivity contribution in [1.29, 1.82) is 0 Å². The van der Waals surface area contributed by atoms with Gasteiger partial charge in [0.2, 0.25) is 0 Å². The van der Waals surface area contributed by atoms with Crippen LogP contribution in [0, 0.1) is 0 Å². The van der Waals surface area contributed by atoms with E-state index in [4.69, 9.17) is 5.73 Å². The fraction of sp³-hybridized carbons (Fsp3) is 0.700. The molecule has 1 aliphatic rings. The largest absolute Gasteiger partial charge is 0.464 e. The molecule has 1 aromatic heterocycles. The molecule has 0 radical (unpaired) electrons. The van der Waals surface area contributed by atoms with E-state index in [1.807, 2.05) is 0 Å². The molecule has 0 aromatic carbocycles. The Hall–Kier alpha value is -1.14. The zero-order valence-electron chi connectivity index (χ0n) is 9.70. The minimum atomic E-state index is -0.462. The predicted octanol–water partition coefficient (Wildman–Crippen LogP) is 0.929. The summed E-state index contributed by atoms with van der Waals surface area (Å²) in [5.41, 5.74) is 6.26. The molecule has 6 nitrogen and oxygen atoms in total. The molecule has 96 valence electrons. The number of halogens is 1. The van der Waals surface area contributed by atoms with Crippen molar-refractivity contribution in [2.75, 3.05) is 7.11 Å². The van der Waals surface area contributed by atoms with Gasteiger partial charge >= 0.3 is 5.97 Å². The SMILES string of the molecule is COC(=O)c1cn(C2CCCCC2N)nn1.Cl. The zero-order valence-corrected chi connectivity index (χ0v) is 10.5. The van der Waals surface area contributed by atoms with Crippen LogP contribution in [-0.2, 0) is 4.74 Å². The first-order chi connectivity index (χ1) is 7.72. The minimum absolute atomic E-state index is 0. The molecule has 1 fully saturated rings. The fourth-order valence-electron chi connectivity index (χ4n) is 2.11. The molecule has 1 aromatic rings. The van der Waals surface area contributed by atoms with Crippen LogP contribution in [0.5, 0.6) is 0 Å². The topological polar surface area (TPSA) is 83.0 Å². The van der Waals surface area contributed by atoms with Gasteiger partial charge in [0.1, 0.15) is 0 Å². The Morgan fingerprint density at radius 2 is 2.24 bits per heavy atom. The first kappa shape index (κ1) is 13.9. The van der Waals surface area contributed by atoms with Crippen molar-refractivity contribution in [2.24, 2.45) is 5.73 Å². The Bertz CT molecular complexity index is 382. The molecule has 0 saturated heterocycles. The molecule has 0 amide bonds. The number of hydrogen-bond donors (Lipinski definition) is 1. The van der Waals surface area contributed by atoms with E-state index in [1.54, 1.807) is 10.9 Å². The lowest BCUT2D eigenvalue weighted by molar-refractivity contribution is 0.0594. The third-order valence-electron chi connectivity index (χ3n) is 3.03. The van der Waals surface area contributed by atoms with Gasteiger partial charge in [-0.3, -0.25) is 0 Å². The number of methoxy groups -OCH3 is 1. The Balaban J connectivity index is 0.00000144. The van der Waals surface area contributed by atoms with Crippen LogP contribution in [-0.4, -0.2) is 34.1 Å². The lowest BCUT2D eigenvalue weighted by Gasteiger charge is -2.28. The van der Waals surface area contributed by atoms with Gasteiger partial charge in [0, 0.05) is 6.04 Å². The molecule has 2 N–H and O–H groups in total. The van der Waals surface area contributed by atoms with Gasteiger partial charge in [0.25, 0.3) is 0 Å². The maximum absolute atomic E-state index is 11.2. The van der Waals surface area contributed by atoms with E-state index in [0.29, 0.717) is 0 Å². The second-order valence-corrected chi connectivity index (χ2v) is 4.09. The summed E-state index contributed by atoms with van der Waals surface area (Å²) in [6.45, 7) is 0. The summed E-state index contributed by atoms with van der Waals surface area (Å²) in [6.07, 6.45) is 5.91. The van der Waals surface area contributed by atoms with E-state index in [9.17, 15) is 4.79 Å². The normalized spacial score (nSPS) is 23.9. The van der Waals surface area contributed by atoms with Crippen molar-refractivity contribution in [3.8, 4) is 0 Å². The summed E-state index contributed by atoms with van der Waals surface area (Å²) in [7, 11) is 1.33. The van der Waals surface area contributed by atoms with Gasteiger partial charge in [0.05, 0.1) is 19.3 Å². The molecule has 0 bridgehead atoms. The highest BCUT2D eigenvalue weighted by atomic mass is 35.5. The number of esters is 1. The summed E-state index contributed by atoms with van der Waals surface area (Å²) in [5, 5.41) is 7.72. The molecule has 0 aliphatic heterocycles. The molecule has 1 aliphatic carbocycles. The van der Waals surface area contributed by atoms with Gasteiger partial charge in [-0.25, -0.2) is 9.48 Å². The van der Waals surface area contributed by atoms with Crippen molar-refractivity contribution < 1.29 is 9.53 Å². The fourth-order valence-corrected chi connectivity index (χ4v) is 2.11. The number of nitrogens with zero attached hydrogens (tertiary/aromatic N) is 3. The lowest BCUT2D eigenvalue weighted by atomic mass is 9.91. The van der Waals surface area contributed by atoms with Crippen LogP contribution in [0.3, 0.4) is 0 Å². The lowest BCUT2D eigenvalue weighted by Crippen LogP contribution is -2.35. The summed E-state index contributed by atoms with van der Waals surface area (Å²) in [5.74, 6) is -0.462. The van der Waals surface area contributed by atoms with Gasteiger partial charge in [0.15, 0.2) is 5.69 Å². The number of aromatic nitrogens is 3. The highest BCUT2D eigenvalue weighted by Crippen LogP contribution is 2.26. The van der Waals surface area contributed by atoms with Gasteiger partial charge in [-0.15, -0.1) is 17.5 Å². The highest BCUT2D eigenvalue weighted by Gasteiger charge is 2.25. The Morgan fingerprint density at radius 1 is 1.53 bits per heavy atom. The molecule has 2 rings (SSSR count). The van der Waals surface area contributed by atoms with E-state index >= 15 is 0 Å². The van der Waals surface area contributed by atoms with Crippen LogP contribution in [0.25, 0.3) is 0 Å². The van der Waals surface area contributed by atoms with Crippen molar-refractivity contribution in [2.45, 2.75) is 37.8 Å². The quantitative estimate of drug-likeness (QED) is 0.800. The molecule has 0 spiro atoms. The van der Waals surface area contributed by atoms with Crippen LogP contribution < -0.4 is 5.73 Å². The smallest absolute Gasteiger partial charge is 0.360 e. The van der Waals surface area contributed by atoms with E-state index < -0.39 is 5.97 Å². The van der Waals surface area contributed by atoms with Crippen molar-refractivity contribution >= 4 is 18.4 Å². The monoisotopic (exact) mass is 260 g/mol. The number of nitrogens with two attached hydrogens (primary N) is 1. The molecule has 2 atom stereocenters. The molecule has 17 heavy (non-hydrogen) atoms. The van der Waals surface area contributed by atoms with Crippen LogP contribution in [0.1, 0.15) is 42.2 Å². The summed E-state index contributed by atoms with van der Waals surface area (Å²) >= 11 is 0. The van der Waals surface area contributed by atoms with Crippen molar-refractivity contribution in [3.05, 3.63) is 11.9 Å². The highest BCUT2D eigenvalue weighted by molar-refractivity contribution is 5.86. The Labute approximate surface area is 106 Å². The average Bonchev–Trinajstić information content (AvgIpc) is 2.78. The number of carbonyl (C=O) groups excluding carboxylic acids is 1. The van der Waals surface area contributed by atoms with Crippen LogP contribution >= 0.6 is 12.4 Å². The van der Waals surface area contributed by atoms with E-state index in [2.05, 4.69) is 15.0 Å². The second-order valence-electron chi connectivity index (χ2n) is 4.09. The van der Waals surface area contributed by atoms with Gasteiger partial charge < -0.3 is 10.5 Å². The van der Waals surface area contributed by atoms with E-state index in [1.165, 1.54) is 7.11 Å². The summed E-state index contributed by atoms with van der Waals surface area (Å²) in [6, 6.07) is 0.251. The number of ether oxygens (including phenoxy) is 1. The summed E-state index contributed by atoms with van der Waals surface area (Å²) < 4.78 is 6.27. The van der Waals surface area contributed by atoms with Crippen LogP contribution in [0.15, 0.2) is 6.20 Å². The van der Waals surface area contributed by atoms with Crippen molar-refractivity contribution in [1.82, 2.24) is 15.0 Å². The van der Waals surface area contributed by atoms with E-state index in [0.717, 1.165) is 25.7 Å². The van der Waals surface area contributed by atoms with Crippen LogP contribution in [0.2, 0.25) is 0 Å². The maximum atomic E-state index is 11.2. The van der Waals surface area contributed by atoms with Gasteiger partial charge in [-0.2, -0.15) is 0 Å². The molecule has 1 heterocycles. The van der Waals surface area contributed by atoms with Crippen molar-refractivity contribution in [3.63, 3.8) is 0 Å². The second kappa shape index (κ2) is 5.97. The number of rotatable bonds is 2. The minimum Gasteiger partial charge on any atom is -0.464 e. The predicted molar refractivity (Wildman–Crippen MR) is 64.1 cm³/mol. The Kier molecular flexibility index (Phi) is 4.89. The molecular weight excluding hydrogens is 244 g/mol. The number of carbonyl (C=O) groups is 1. The van der Waals surface area contributed by atoms with E-state index in [-0.39, 0.29) is 30.2 Å².